The SMILES string of the molecule is COCCOCCNc1ccc(C)c(C)c1. The second kappa shape index (κ2) is 7.25. The molecule has 0 unspecified atom stereocenters. The Morgan fingerprint density at radius 3 is 2.56 bits per heavy atom. The molecule has 3 nitrogen and oxygen atoms in total. The summed E-state index contributed by atoms with van der Waals surface area (Å²) in [6.07, 6.45) is 0. The Morgan fingerprint density at radius 1 is 1.06 bits per heavy atom. The molecule has 90 valence electrons. The van der Waals surface area contributed by atoms with E-state index in [1.165, 1.54) is 11.1 Å². The van der Waals surface area contributed by atoms with E-state index in [1.54, 1.807) is 7.11 Å². The van der Waals surface area contributed by atoms with Gasteiger partial charge in [-0.25, -0.2) is 0 Å². The van der Waals surface area contributed by atoms with Crippen LogP contribution in [0.1, 0.15) is 11.1 Å². The third-order valence-electron chi connectivity index (χ3n) is 2.51. The van der Waals surface area contributed by atoms with E-state index in [0.29, 0.717) is 19.8 Å². The molecule has 16 heavy (non-hydrogen) atoms. The molecule has 1 aromatic carbocycles. The minimum atomic E-state index is 0.656. The predicted molar refractivity (Wildman–Crippen MR) is 67.1 cm³/mol. The summed E-state index contributed by atoms with van der Waals surface area (Å²) in [6, 6.07) is 6.38. The quantitative estimate of drug-likeness (QED) is 0.720. The summed E-state index contributed by atoms with van der Waals surface area (Å²) in [5.41, 5.74) is 3.78. The van der Waals surface area contributed by atoms with E-state index in [-0.39, 0.29) is 0 Å². The molecule has 1 rings (SSSR count). The van der Waals surface area contributed by atoms with Gasteiger partial charge in [-0.05, 0) is 37.1 Å². The van der Waals surface area contributed by atoms with Crippen molar-refractivity contribution in [2.24, 2.45) is 0 Å². The van der Waals surface area contributed by atoms with E-state index in [9.17, 15) is 0 Å². The zero-order valence-electron chi connectivity index (χ0n) is 10.4. The van der Waals surface area contributed by atoms with Crippen molar-refractivity contribution in [3.8, 4) is 0 Å². The van der Waals surface area contributed by atoms with Crippen LogP contribution in [0.4, 0.5) is 5.69 Å². The Hall–Kier alpha value is -1.06. The highest BCUT2D eigenvalue weighted by molar-refractivity contribution is 5.47. The second-order valence-electron chi connectivity index (χ2n) is 3.83. The van der Waals surface area contributed by atoms with Gasteiger partial charge >= 0.3 is 0 Å². The largest absolute Gasteiger partial charge is 0.383 e. The van der Waals surface area contributed by atoms with E-state index >= 15 is 0 Å². The van der Waals surface area contributed by atoms with Gasteiger partial charge in [0.25, 0.3) is 0 Å². The minimum Gasteiger partial charge on any atom is -0.383 e. The molecular weight excluding hydrogens is 202 g/mol. The van der Waals surface area contributed by atoms with Crippen LogP contribution < -0.4 is 5.32 Å². The van der Waals surface area contributed by atoms with Gasteiger partial charge < -0.3 is 14.8 Å². The van der Waals surface area contributed by atoms with Crippen LogP contribution in [-0.2, 0) is 9.47 Å². The average Bonchev–Trinajstić information content (AvgIpc) is 2.28. The molecule has 0 amide bonds. The zero-order chi connectivity index (χ0) is 11.8. The molecular formula is C13H21NO2. The normalized spacial score (nSPS) is 10.4. The Bertz CT molecular complexity index is 313. The van der Waals surface area contributed by atoms with Crippen LogP contribution >= 0.6 is 0 Å². The molecule has 0 spiro atoms. The van der Waals surface area contributed by atoms with Crippen LogP contribution in [0.3, 0.4) is 0 Å². The topological polar surface area (TPSA) is 30.5 Å². The molecule has 0 heterocycles. The molecule has 0 fully saturated rings. The van der Waals surface area contributed by atoms with Gasteiger partial charge in [0.15, 0.2) is 0 Å². The highest BCUT2D eigenvalue weighted by atomic mass is 16.5. The lowest BCUT2D eigenvalue weighted by Crippen LogP contribution is -2.12. The number of ether oxygens (including phenoxy) is 2. The van der Waals surface area contributed by atoms with Gasteiger partial charge in [0.2, 0.25) is 0 Å². The third kappa shape index (κ3) is 4.64. The Morgan fingerprint density at radius 2 is 1.88 bits per heavy atom. The first-order valence-electron chi connectivity index (χ1n) is 5.62. The minimum absolute atomic E-state index is 0.656. The Labute approximate surface area is 97.8 Å². The maximum atomic E-state index is 5.36. The van der Waals surface area contributed by atoms with Crippen LogP contribution in [0.15, 0.2) is 18.2 Å². The van der Waals surface area contributed by atoms with E-state index < -0.39 is 0 Å². The molecule has 1 N–H and O–H groups in total. The second-order valence-corrected chi connectivity index (χ2v) is 3.83. The molecule has 0 aliphatic rings. The van der Waals surface area contributed by atoms with Gasteiger partial charge in [-0.2, -0.15) is 0 Å². The molecule has 0 aromatic heterocycles. The van der Waals surface area contributed by atoms with Crippen molar-refractivity contribution in [3.63, 3.8) is 0 Å². The zero-order valence-corrected chi connectivity index (χ0v) is 10.4. The molecule has 0 atom stereocenters. The molecule has 3 heteroatoms. The van der Waals surface area contributed by atoms with Gasteiger partial charge in [-0.1, -0.05) is 6.07 Å². The smallest absolute Gasteiger partial charge is 0.0701 e. The summed E-state index contributed by atoms with van der Waals surface area (Å²) >= 11 is 0. The number of methoxy groups -OCH3 is 1. The Balaban J connectivity index is 2.19. The van der Waals surface area contributed by atoms with Crippen molar-refractivity contribution in [1.82, 2.24) is 0 Å². The number of hydrogen-bond acceptors (Lipinski definition) is 3. The van der Waals surface area contributed by atoms with Crippen molar-refractivity contribution in [3.05, 3.63) is 29.3 Å². The van der Waals surface area contributed by atoms with Gasteiger partial charge in [-0.15, -0.1) is 0 Å². The van der Waals surface area contributed by atoms with E-state index in [4.69, 9.17) is 9.47 Å². The molecule has 0 radical (unpaired) electrons. The molecule has 0 saturated heterocycles. The number of hydrogen-bond donors (Lipinski definition) is 1. The number of nitrogens with one attached hydrogen (secondary N) is 1. The van der Waals surface area contributed by atoms with Crippen LogP contribution in [0.2, 0.25) is 0 Å². The van der Waals surface area contributed by atoms with Crippen LogP contribution in [0.5, 0.6) is 0 Å². The molecule has 0 aliphatic carbocycles. The summed E-state index contributed by atoms with van der Waals surface area (Å²) in [5, 5.41) is 3.32. The molecule has 0 aliphatic heterocycles. The lowest BCUT2D eigenvalue weighted by Gasteiger charge is -2.09. The molecule has 0 bridgehead atoms. The summed E-state index contributed by atoms with van der Waals surface area (Å²) in [5.74, 6) is 0. The van der Waals surface area contributed by atoms with Gasteiger partial charge in [0.05, 0.1) is 19.8 Å². The van der Waals surface area contributed by atoms with Gasteiger partial charge in [0, 0.05) is 19.3 Å². The Kier molecular flexibility index (Phi) is 5.90. The summed E-state index contributed by atoms with van der Waals surface area (Å²) in [6.45, 7) is 7.08. The van der Waals surface area contributed by atoms with E-state index in [0.717, 1.165) is 12.2 Å². The van der Waals surface area contributed by atoms with E-state index in [1.807, 2.05) is 0 Å². The number of rotatable bonds is 7. The van der Waals surface area contributed by atoms with Crippen LogP contribution in [0, 0.1) is 13.8 Å². The van der Waals surface area contributed by atoms with Crippen molar-refractivity contribution in [2.75, 3.05) is 38.8 Å². The maximum Gasteiger partial charge on any atom is 0.0701 e. The average molecular weight is 223 g/mol. The van der Waals surface area contributed by atoms with Crippen molar-refractivity contribution >= 4 is 5.69 Å². The number of benzene rings is 1. The summed E-state index contributed by atoms with van der Waals surface area (Å²) in [7, 11) is 1.68. The first kappa shape index (κ1) is 13.0. The van der Waals surface area contributed by atoms with Crippen LogP contribution in [0.25, 0.3) is 0 Å². The van der Waals surface area contributed by atoms with Gasteiger partial charge in [-0.3, -0.25) is 0 Å². The monoisotopic (exact) mass is 223 g/mol. The summed E-state index contributed by atoms with van der Waals surface area (Å²) in [4.78, 5) is 0. The highest BCUT2D eigenvalue weighted by Crippen LogP contribution is 2.13. The fraction of sp³-hybridized carbons (Fsp3) is 0.538. The molecule has 0 saturated carbocycles. The predicted octanol–water partition coefficient (Wildman–Crippen LogP) is 2.38. The lowest BCUT2D eigenvalue weighted by atomic mass is 10.1. The third-order valence-corrected chi connectivity index (χ3v) is 2.51. The van der Waals surface area contributed by atoms with Crippen LogP contribution in [-0.4, -0.2) is 33.5 Å². The fourth-order valence-corrected chi connectivity index (χ4v) is 1.36. The van der Waals surface area contributed by atoms with Gasteiger partial charge in [0.1, 0.15) is 0 Å². The fourth-order valence-electron chi connectivity index (χ4n) is 1.36. The van der Waals surface area contributed by atoms with E-state index in [2.05, 4.69) is 37.4 Å². The number of aryl methyl sites for hydroxylation is 2. The first-order valence-corrected chi connectivity index (χ1v) is 5.62. The highest BCUT2D eigenvalue weighted by Gasteiger charge is 1.95. The first-order chi connectivity index (χ1) is 7.74. The lowest BCUT2D eigenvalue weighted by molar-refractivity contribution is 0.0759. The standard InChI is InChI=1S/C13H21NO2/c1-11-4-5-13(10-12(11)2)14-6-7-16-9-8-15-3/h4-5,10,14H,6-9H2,1-3H3. The van der Waals surface area contributed by atoms with Crippen molar-refractivity contribution in [2.45, 2.75) is 13.8 Å². The van der Waals surface area contributed by atoms with Crippen molar-refractivity contribution in [1.29, 1.82) is 0 Å². The summed E-state index contributed by atoms with van der Waals surface area (Å²) < 4.78 is 10.3. The maximum absolute atomic E-state index is 5.36. The van der Waals surface area contributed by atoms with Crippen molar-refractivity contribution < 1.29 is 9.47 Å². The molecule has 1 aromatic rings. The number of anilines is 1.